The third-order valence-corrected chi connectivity index (χ3v) is 4.39. The Morgan fingerprint density at radius 2 is 2.35 bits per heavy atom. The van der Waals surface area contributed by atoms with E-state index in [-0.39, 0.29) is 0 Å². The molecule has 2 atom stereocenters. The summed E-state index contributed by atoms with van der Waals surface area (Å²) in [5.74, 6) is 0.810. The van der Waals surface area contributed by atoms with Crippen molar-refractivity contribution in [3.8, 4) is 5.75 Å². The lowest BCUT2D eigenvalue weighted by Gasteiger charge is -2.26. The van der Waals surface area contributed by atoms with E-state index in [0.717, 1.165) is 49.2 Å². The second kappa shape index (κ2) is 7.81. The molecule has 126 valence electrons. The molecule has 0 saturated carbocycles. The summed E-state index contributed by atoms with van der Waals surface area (Å²) in [6.45, 7) is 5.69. The molecule has 5 heteroatoms. The predicted octanol–water partition coefficient (Wildman–Crippen LogP) is 2.41. The van der Waals surface area contributed by atoms with E-state index in [1.165, 1.54) is 0 Å². The fourth-order valence-electron chi connectivity index (χ4n) is 3.13. The van der Waals surface area contributed by atoms with Crippen molar-refractivity contribution in [2.75, 3.05) is 32.8 Å². The van der Waals surface area contributed by atoms with Crippen LogP contribution in [0.3, 0.4) is 0 Å². The SMILES string of the molecule is CCN(CC(O)COc1cccc2[nH]ccc12)CC1CCCO1. The molecule has 3 rings (SSSR count). The van der Waals surface area contributed by atoms with Gasteiger partial charge in [0.1, 0.15) is 18.5 Å². The predicted molar refractivity (Wildman–Crippen MR) is 90.9 cm³/mol. The van der Waals surface area contributed by atoms with Crippen LogP contribution < -0.4 is 4.74 Å². The van der Waals surface area contributed by atoms with Crippen molar-refractivity contribution in [1.82, 2.24) is 9.88 Å². The van der Waals surface area contributed by atoms with E-state index in [0.29, 0.717) is 19.3 Å². The highest BCUT2D eigenvalue weighted by molar-refractivity contribution is 5.85. The van der Waals surface area contributed by atoms with Crippen LogP contribution in [0.1, 0.15) is 19.8 Å². The van der Waals surface area contributed by atoms with Crippen LogP contribution in [0.25, 0.3) is 10.9 Å². The normalized spacial score (nSPS) is 19.5. The molecule has 5 nitrogen and oxygen atoms in total. The molecule has 2 unspecified atom stereocenters. The van der Waals surface area contributed by atoms with Crippen molar-refractivity contribution in [3.63, 3.8) is 0 Å². The number of aliphatic hydroxyl groups excluding tert-OH is 1. The lowest BCUT2D eigenvalue weighted by molar-refractivity contribution is 0.0367. The van der Waals surface area contributed by atoms with Crippen LogP contribution in [0.5, 0.6) is 5.75 Å². The number of aliphatic hydroxyl groups is 1. The highest BCUT2D eigenvalue weighted by Gasteiger charge is 2.20. The van der Waals surface area contributed by atoms with E-state index < -0.39 is 6.10 Å². The summed E-state index contributed by atoms with van der Waals surface area (Å²) < 4.78 is 11.5. The first-order chi connectivity index (χ1) is 11.3. The molecule has 0 aliphatic carbocycles. The summed E-state index contributed by atoms with van der Waals surface area (Å²) >= 11 is 0. The van der Waals surface area contributed by atoms with Gasteiger partial charge < -0.3 is 19.6 Å². The zero-order chi connectivity index (χ0) is 16.1. The van der Waals surface area contributed by atoms with Gasteiger partial charge in [0.25, 0.3) is 0 Å². The summed E-state index contributed by atoms with van der Waals surface area (Å²) in [7, 11) is 0. The molecular weight excluding hydrogens is 292 g/mol. The Kier molecular flexibility index (Phi) is 5.54. The van der Waals surface area contributed by atoms with Crippen LogP contribution in [0.4, 0.5) is 0 Å². The number of aromatic amines is 1. The Labute approximate surface area is 137 Å². The van der Waals surface area contributed by atoms with E-state index in [9.17, 15) is 5.11 Å². The summed E-state index contributed by atoms with van der Waals surface area (Å²) in [5.41, 5.74) is 1.05. The van der Waals surface area contributed by atoms with Gasteiger partial charge in [-0.15, -0.1) is 0 Å². The average molecular weight is 318 g/mol. The number of nitrogens with zero attached hydrogens (tertiary/aromatic N) is 1. The Balaban J connectivity index is 1.50. The number of hydrogen-bond acceptors (Lipinski definition) is 4. The van der Waals surface area contributed by atoms with Crippen molar-refractivity contribution in [2.45, 2.75) is 32.0 Å². The molecule has 2 aromatic rings. The van der Waals surface area contributed by atoms with Crippen LogP contribution >= 0.6 is 0 Å². The molecule has 23 heavy (non-hydrogen) atoms. The summed E-state index contributed by atoms with van der Waals surface area (Å²) in [6, 6.07) is 7.90. The molecule has 0 spiro atoms. The lowest BCUT2D eigenvalue weighted by Crippen LogP contribution is -2.39. The maximum Gasteiger partial charge on any atom is 0.128 e. The van der Waals surface area contributed by atoms with Gasteiger partial charge >= 0.3 is 0 Å². The van der Waals surface area contributed by atoms with E-state index >= 15 is 0 Å². The van der Waals surface area contributed by atoms with E-state index in [1.807, 2.05) is 30.5 Å². The summed E-state index contributed by atoms with van der Waals surface area (Å²) in [5, 5.41) is 11.3. The fraction of sp³-hybridized carbons (Fsp3) is 0.556. The number of nitrogens with one attached hydrogen (secondary N) is 1. The molecule has 1 aromatic carbocycles. The van der Waals surface area contributed by atoms with Gasteiger partial charge in [-0.3, -0.25) is 4.90 Å². The van der Waals surface area contributed by atoms with Crippen molar-refractivity contribution in [3.05, 3.63) is 30.5 Å². The molecule has 2 heterocycles. The van der Waals surface area contributed by atoms with Gasteiger partial charge in [0.2, 0.25) is 0 Å². The van der Waals surface area contributed by atoms with Gasteiger partial charge in [0, 0.05) is 36.8 Å². The molecule has 0 amide bonds. The van der Waals surface area contributed by atoms with Crippen LogP contribution in [0.2, 0.25) is 0 Å². The van der Waals surface area contributed by atoms with Crippen molar-refractivity contribution in [2.24, 2.45) is 0 Å². The average Bonchev–Trinajstić information content (AvgIpc) is 3.23. The van der Waals surface area contributed by atoms with Crippen LogP contribution in [0, 0.1) is 0 Å². The first kappa shape index (κ1) is 16.3. The Bertz CT molecular complexity index is 607. The van der Waals surface area contributed by atoms with E-state index in [1.54, 1.807) is 0 Å². The number of H-pyrrole nitrogens is 1. The first-order valence-electron chi connectivity index (χ1n) is 8.47. The van der Waals surface area contributed by atoms with Crippen LogP contribution in [-0.2, 0) is 4.74 Å². The number of fused-ring (bicyclic) bond motifs is 1. The van der Waals surface area contributed by atoms with Crippen molar-refractivity contribution in [1.29, 1.82) is 0 Å². The molecule has 2 N–H and O–H groups in total. The number of aromatic nitrogens is 1. The van der Waals surface area contributed by atoms with E-state index in [2.05, 4.69) is 16.8 Å². The van der Waals surface area contributed by atoms with Gasteiger partial charge in [-0.05, 0) is 37.6 Å². The maximum absolute atomic E-state index is 10.3. The topological polar surface area (TPSA) is 57.7 Å². The summed E-state index contributed by atoms with van der Waals surface area (Å²) in [4.78, 5) is 5.40. The molecular formula is C18H26N2O3. The smallest absolute Gasteiger partial charge is 0.128 e. The molecule has 1 aliphatic heterocycles. The molecule has 0 radical (unpaired) electrons. The fourth-order valence-corrected chi connectivity index (χ4v) is 3.13. The lowest BCUT2D eigenvalue weighted by atomic mass is 10.2. The molecule has 1 aromatic heterocycles. The number of rotatable bonds is 8. The minimum Gasteiger partial charge on any atom is -0.490 e. The summed E-state index contributed by atoms with van der Waals surface area (Å²) in [6.07, 6.45) is 3.98. The third-order valence-electron chi connectivity index (χ3n) is 4.39. The minimum absolute atomic E-state index is 0.298. The molecule has 1 saturated heterocycles. The van der Waals surface area contributed by atoms with E-state index in [4.69, 9.17) is 9.47 Å². The standard InChI is InChI=1S/C18H26N2O3/c1-2-20(12-15-5-4-10-22-15)11-14(21)13-23-18-7-3-6-17-16(18)8-9-19-17/h3,6-9,14-15,19,21H,2,4-5,10-13H2,1H3. The van der Waals surface area contributed by atoms with Crippen LogP contribution in [-0.4, -0.2) is 60.0 Å². The highest BCUT2D eigenvalue weighted by atomic mass is 16.5. The minimum atomic E-state index is -0.509. The quantitative estimate of drug-likeness (QED) is 0.785. The Morgan fingerprint density at radius 3 is 3.13 bits per heavy atom. The number of ether oxygens (including phenoxy) is 2. The largest absolute Gasteiger partial charge is 0.490 e. The second-order valence-electron chi connectivity index (χ2n) is 6.15. The number of likely N-dealkylation sites (N-methyl/N-ethyl adjacent to an activating group) is 1. The molecule has 1 aliphatic rings. The van der Waals surface area contributed by atoms with Crippen molar-refractivity contribution < 1.29 is 14.6 Å². The van der Waals surface area contributed by atoms with Gasteiger partial charge in [-0.1, -0.05) is 13.0 Å². The van der Waals surface area contributed by atoms with Gasteiger partial charge in [0.05, 0.1) is 6.10 Å². The second-order valence-corrected chi connectivity index (χ2v) is 6.15. The number of benzene rings is 1. The first-order valence-corrected chi connectivity index (χ1v) is 8.47. The van der Waals surface area contributed by atoms with Gasteiger partial charge in [-0.25, -0.2) is 0 Å². The zero-order valence-corrected chi connectivity index (χ0v) is 13.7. The third kappa shape index (κ3) is 4.25. The Hall–Kier alpha value is -1.56. The van der Waals surface area contributed by atoms with Crippen LogP contribution in [0.15, 0.2) is 30.5 Å². The Morgan fingerprint density at radius 1 is 1.43 bits per heavy atom. The zero-order valence-electron chi connectivity index (χ0n) is 13.7. The molecule has 0 bridgehead atoms. The van der Waals surface area contributed by atoms with Gasteiger partial charge in [-0.2, -0.15) is 0 Å². The highest BCUT2D eigenvalue weighted by Crippen LogP contribution is 2.24. The number of hydrogen-bond donors (Lipinski definition) is 2. The maximum atomic E-state index is 10.3. The molecule has 1 fully saturated rings. The van der Waals surface area contributed by atoms with Gasteiger partial charge in [0.15, 0.2) is 0 Å². The monoisotopic (exact) mass is 318 g/mol. The van der Waals surface area contributed by atoms with Crippen molar-refractivity contribution >= 4 is 10.9 Å².